The molecule has 0 heterocycles. The molecule has 138 valence electrons. The van der Waals surface area contributed by atoms with Gasteiger partial charge in [-0.1, -0.05) is 0 Å². The number of nitro groups is 3. The van der Waals surface area contributed by atoms with E-state index in [-0.39, 0.29) is 20.3 Å². The van der Waals surface area contributed by atoms with Crippen molar-refractivity contribution in [3.63, 3.8) is 0 Å². The van der Waals surface area contributed by atoms with Gasteiger partial charge in [-0.3, -0.25) is 30.3 Å². The molecule has 0 spiro atoms. The molecule has 2 N–H and O–H groups in total. The Balaban J connectivity index is 0.000000263. The zero-order valence-electron chi connectivity index (χ0n) is 12.2. The van der Waals surface area contributed by atoms with Crippen LogP contribution in [0.3, 0.4) is 0 Å². The molecule has 2 aromatic carbocycles. The predicted molar refractivity (Wildman–Crippen MR) is 92.6 cm³/mol. The molecule has 2 aromatic rings. The lowest BCUT2D eigenvalue weighted by atomic mass is 10.3. The Kier molecular flexibility index (Phi) is 7.02. The number of halogens is 4. The first-order chi connectivity index (χ1) is 12.0. The largest absolute Gasteiger partial charge is 0.398 e. The van der Waals surface area contributed by atoms with Crippen molar-refractivity contribution < 1.29 is 23.6 Å². The van der Waals surface area contributed by atoms with E-state index in [4.69, 9.17) is 5.73 Å². The second-order valence-electron chi connectivity index (χ2n) is 4.36. The number of benzene rings is 2. The maximum atomic E-state index is 12.7. The number of rotatable bonds is 3. The van der Waals surface area contributed by atoms with Gasteiger partial charge in [0.05, 0.1) is 38.7 Å². The average molecular weight is 500 g/mol. The van der Waals surface area contributed by atoms with E-state index in [1.54, 1.807) is 0 Å². The smallest absolute Gasteiger partial charge is 0.293 e. The molecule has 0 amide bonds. The minimum atomic E-state index is -1.02. The lowest BCUT2D eigenvalue weighted by Gasteiger charge is -1.98. The summed E-state index contributed by atoms with van der Waals surface area (Å²) in [4.78, 5) is 28.4. The van der Waals surface area contributed by atoms with E-state index in [2.05, 4.69) is 31.9 Å². The molecule has 10 nitrogen and oxygen atoms in total. The molecule has 0 atom stereocenters. The Bertz CT molecular complexity index is 877. The zero-order valence-corrected chi connectivity index (χ0v) is 15.4. The minimum absolute atomic E-state index is 0.0155. The Morgan fingerprint density at radius 3 is 1.38 bits per heavy atom. The van der Waals surface area contributed by atoms with Gasteiger partial charge in [-0.05, 0) is 37.9 Å². The molecule has 0 aliphatic heterocycles. The summed E-state index contributed by atoms with van der Waals surface area (Å²) in [5.41, 5.74) is 3.58. The van der Waals surface area contributed by atoms with Crippen molar-refractivity contribution in [1.29, 1.82) is 0 Å². The van der Waals surface area contributed by atoms with Crippen LogP contribution in [-0.4, -0.2) is 14.8 Å². The van der Waals surface area contributed by atoms with Crippen LogP contribution in [0.5, 0.6) is 0 Å². The summed E-state index contributed by atoms with van der Waals surface area (Å²) in [7, 11) is 0. The molecule has 0 fully saturated rings. The molecule has 0 radical (unpaired) electrons. The molecule has 0 aliphatic carbocycles. The number of nitro benzene ring substituents is 3. The van der Waals surface area contributed by atoms with E-state index in [1.807, 2.05) is 0 Å². The summed E-state index contributed by atoms with van der Waals surface area (Å²) in [5.74, 6) is -1.74. The van der Waals surface area contributed by atoms with Crippen molar-refractivity contribution in [2.75, 3.05) is 5.73 Å². The molecule has 0 unspecified atom stereocenters. The minimum Gasteiger partial charge on any atom is -0.398 e. The third-order valence-electron chi connectivity index (χ3n) is 2.64. The highest BCUT2D eigenvalue weighted by atomic mass is 79.9. The van der Waals surface area contributed by atoms with Gasteiger partial charge >= 0.3 is 0 Å². The number of hydrogen-bond donors (Lipinski definition) is 1. The van der Waals surface area contributed by atoms with Gasteiger partial charge in [0.2, 0.25) is 0 Å². The van der Waals surface area contributed by atoms with Crippen LogP contribution in [0.2, 0.25) is 0 Å². The van der Waals surface area contributed by atoms with Gasteiger partial charge in [0, 0.05) is 0 Å². The van der Waals surface area contributed by atoms with Gasteiger partial charge < -0.3 is 5.73 Å². The number of nitrogens with zero attached hydrogens (tertiary/aromatic N) is 3. The maximum absolute atomic E-state index is 12.7. The monoisotopic (exact) mass is 498 g/mol. The van der Waals surface area contributed by atoms with Gasteiger partial charge in [0.25, 0.3) is 17.1 Å². The normalized spacial score (nSPS) is 9.85. The topological polar surface area (TPSA) is 155 Å². The van der Waals surface area contributed by atoms with Crippen LogP contribution in [0, 0.1) is 42.0 Å². The molecule has 2 rings (SSSR count). The molecule has 0 aromatic heterocycles. The standard InChI is InChI=1S/C6H2BrFN2O4.C6H4BrFN2O2/c7-6-4(9(11)12)1-3(8)2-5(6)10(13)14;7-6-4(9)1-3(8)2-5(6)10(11)12/h1-2H;1-2H,9H2. The molecule has 0 aliphatic rings. The average Bonchev–Trinajstić information content (AvgIpc) is 2.52. The molecule has 14 heteroatoms. The fraction of sp³-hybridized carbons (Fsp3) is 0. The van der Waals surface area contributed by atoms with Crippen LogP contribution in [0.4, 0.5) is 31.5 Å². The number of hydrogen-bond acceptors (Lipinski definition) is 7. The number of nitrogens with two attached hydrogens (primary N) is 1. The van der Waals surface area contributed by atoms with Crippen molar-refractivity contribution in [2.45, 2.75) is 0 Å². The zero-order chi connectivity index (χ0) is 20.2. The predicted octanol–water partition coefficient (Wildman–Crippen LogP) is 4.48. The first kappa shape index (κ1) is 21.3. The van der Waals surface area contributed by atoms with Gasteiger partial charge in [0.1, 0.15) is 16.1 Å². The Labute approximate surface area is 159 Å². The van der Waals surface area contributed by atoms with Crippen molar-refractivity contribution in [2.24, 2.45) is 0 Å². The molecular weight excluding hydrogens is 494 g/mol. The summed E-state index contributed by atoms with van der Waals surface area (Å²) in [6.07, 6.45) is 0. The van der Waals surface area contributed by atoms with Crippen LogP contribution in [-0.2, 0) is 0 Å². The van der Waals surface area contributed by atoms with Crippen LogP contribution >= 0.6 is 31.9 Å². The van der Waals surface area contributed by atoms with E-state index in [0.717, 1.165) is 12.1 Å². The highest BCUT2D eigenvalue weighted by molar-refractivity contribution is 9.11. The number of nitrogen functional groups attached to an aromatic ring is 1. The summed E-state index contributed by atoms with van der Waals surface area (Å²) in [6, 6.07) is 3.03. The van der Waals surface area contributed by atoms with Crippen molar-refractivity contribution >= 4 is 54.6 Å². The van der Waals surface area contributed by atoms with Gasteiger partial charge in [-0.2, -0.15) is 0 Å². The van der Waals surface area contributed by atoms with E-state index in [9.17, 15) is 39.1 Å². The summed E-state index contributed by atoms with van der Waals surface area (Å²) >= 11 is 5.55. The number of anilines is 1. The molecule has 0 bridgehead atoms. The molecule has 0 saturated carbocycles. The van der Waals surface area contributed by atoms with Crippen LogP contribution in [0.15, 0.2) is 33.2 Å². The second kappa shape index (κ2) is 8.57. The van der Waals surface area contributed by atoms with Gasteiger partial charge in [0.15, 0.2) is 4.47 Å². The Morgan fingerprint density at radius 2 is 1.04 bits per heavy atom. The van der Waals surface area contributed by atoms with Gasteiger partial charge in [-0.15, -0.1) is 0 Å². The quantitative estimate of drug-likeness (QED) is 0.370. The highest BCUT2D eigenvalue weighted by Crippen LogP contribution is 2.34. The summed E-state index contributed by atoms with van der Waals surface area (Å²) in [6.45, 7) is 0. The van der Waals surface area contributed by atoms with E-state index in [0.29, 0.717) is 12.1 Å². The fourth-order valence-corrected chi connectivity index (χ4v) is 2.45. The van der Waals surface area contributed by atoms with Crippen molar-refractivity contribution in [1.82, 2.24) is 0 Å². The Hall–Kier alpha value is -2.74. The summed E-state index contributed by atoms with van der Waals surface area (Å²) < 4.78 is 25.0. The molecular formula is C12H6Br2F2N4O6. The first-order valence-electron chi connectivity index (χ1n) is 6.12. The van der Waals surface area contributed by atoms with Crippen molar-refractivity contribution in [3.05, 3.63) is 75.2 Å². The third-order valence-corrected chi connectivity index (χ3v) is 4.31. The third kappa shape index (κ3) is 5.13. The molecule has 26 heavy (non-hydrogen) atoms. The Morgan fingerprint density at radius 1 is 0.731 bits per heavy atom. The van der Waals surface area contributed by atoms with E-state index < -0.39 is 37.8 Å². The first-order valence-corrected chi connectivity index (χ1v) is 7.71. The van der Waals surface area contributed by atoms with E-state index >= 15 is 0 Å². The maximum Gasteiger partial charge on any atom is 0.293 e. The van der Waals surface area contributed by atoms with Gasteiger partial charge in [-0.25, -0.2) is 8.78 Å². The van der Waals surface area contributed by atoms with Crippen molar-refractivity contribution in [3.8, 4) is 0 Å². The lowest BCUT2D eigenvalue weighted by Crippen LogP contribution is -1.96. The lowest BCUT2D eigenvalue weighted by molar-refractivity contribution is -0.396. The highest BCUT2D eigenvalue weighted by Gasteiger charge is 2.24. The van der Waals surface area contributed by atoms with Crippen LogP contribution < -0.4 is 5.73 Å². The van der Waals surface area contributed by atoms with Crippen LogP contribution in [0.1, 0.15) is 0 Å². The summed E-state index contributed by atoms with van der Waals surface area (Å²) in [5, 5.41) is 30.9. The SMILES string of the molecule is Nc1cc(F)cc([N+](=O)[O-])c1Br.O=[N+]([O-])c1cc(F)cc([N+](=O)[O-])c1Br. The fourth-order valence-electron chi connectivity index (χ4n) is 1.55. The van der Waals surface area contributed by atoms with E-state index in [1.165, 1.54) is 0 Å². The van der Waals surface area contributed by atoms with Crippen LogP contribution in [0.25, 0.3) is 0 Å². The second-order valence-corrected chi connectivity index (χ2v) is 5.94. The molecule has 0 saturated heterocycles.